The first-order valence-corrected chi connectivity index (χ1v) is 9.13. The third-order valence-electron chi connectivity index (χ3n) is 2.88. The molecule has 0 aliphatic carbocycles. The maximum Gasteiger partial charge on any atom is 0.239 e. The van der Waals surface area contributed by atoms with Gasteiger partial charge in [0, 0.05) is 19.6 Å². The number of thiocarbonyl (C=S) groups is 1. The number of ether oxygens (including phenoxy) is 1. The molecule has 1 aromatic carbocycles. The summed E-state index contributed by atoms with van der Waals surface area (Å²) in [6.45, 7) is 2.28. The number of methoxy groups -OCH3 is 1. The highest BCUT2D eigenvalue weighted by Gasteiger charge is 2.16. The van der Waals surface area contributed by atoms with Crippen molar-refractivity contribution in [2.24, 2.45) is 0 Å². The zero-order valence-electron chi connectivity index (χ0n) is 13.3. The Labute approximate surface area is 145 Å². The number of benzene rings is 1. The Kier molecular flexibility index (Phi) is 8.02. The zero-order chi connectivity index (χ0) is 18.2. The molecule has 0 radical (unpaired) electrons. The second-order valence-electron chi connectivity index (χ2n) is 5.03. The van der Waals surface area contributed by atoms with E-state index in [2.05, 4.69) is 16.2 Å². The fraction of sp³-hybridized carbons (Fsp3) is 0.429. The van der Waals surface area contributed by atoms with Crippen LogP contribution < -0.4 is 16.2 Å². The van der Waals surface area contributed by atoms with Crippen molar-refractivity contribution in [2.75, 3.05) is 19.5 Å². The smallest absolute Gasteiger partial charge is 0.239 e. The molecule has 134 valence electrons. The van der Waals surface area contributed by atoms with Crippen LogP contribution in [-0.4, -0.2) is 44.9 Å². The first-order valence-electron chi connectivity index (χ1n) is 7.07. The standard InChI is InChI=1S/C14H20FN3O4S2/c1-10(9-22-2)16-14(23)18-17-13(19)7-8-24(20,21)12-5-3-11(15)4-6-12/h3-6,10H,7-9H2,1-2H3,(H,17,19)(H2,16,18,23)/t10-/m0/s1. The van der Waals surface area contributed by atoms with Crippen LogP contribution in [0.1, 0.15) is 13.3 Å². The van der Waals surface area contributed by atoms with E-state index in [1.807, 2.05) is 6.92 Å². The van der Waals surface area contributed by atoms with Crippen LogP contribution >= 0.6 is 12.2 Å². The second kappa shape index (κ2) is 9.50. The molecule has 0 saturated carbocycles. The molecule has 0 aromatic heterocycles. The first-order chi connectivity index (χ1) is 11.2. The van der Waals surface area contributed by atoms with Gasteiger partial charge in [-0.05, 0) is 43.4 Å². The van der Waals surface area contributed by atoms with Gasteiger partial charge in [-0.1, -0.05) is 0 Å². The minimum Gasteiger partial charge on any atom is -0.383 e. The van der Waals surface area contributed by atoms with Crippen molar-refractivity contribution in [3.05, 3.63) is 30.1 Å². The van der Waals surface area contributed by atoms with Gasteiger partial charge in [0.05, 0.1) is 17.3 Å². The van der Waals surface area contributed by atoms with Crippen LogP contribution in [0.5, 0.6) is 0 Å². The highest BCUT2D eigenvalue weighted by molar-refractivity contribution is 7.91. The summed E-state index contributed by atoms with van der Waals surface area (Å²) in [6.07, 6.45) is -0.261. The quantitative estimate of drug-likeness (QED) is 0.362. The van der Waals surface area contributed by atoms with E-state index in [4.69, 9.17) is 17.0 Å². The van der Waals surface area contributed by atoms with Gasteiger partial charge in [-0.2, -0.15) is 0 Å². The van der Waals surface area contributed by atoms with E-state index in [0.29, 0.717) is 6.61 Å². The number of hydrogen-bond acceptors (Lipinski definition) is 5. The van der Waals surface area contributed by atoms with E-state index >= 15 is 0 Å². The molecule has 1 aromatic rings. The number of nitrogens with one attached hydrogen (secondary N) is 3. The van der Waals surface area contributed by atoms with E-state index in [0.717, 1.165) is 24.3 Å². The van der Waals surface area contributed by atoms with Crippen LogP contribution in [0.15, 0.2) is 29.2 Å². The predicted octanol–water partition coefficient (Wildman–Crippen LogP) is 0.520. The average molecular weight is 377 g/mol. The molecule has 0 spiro atoms. The number of amides is 1. The Balaban J connectivity index is 2.40. The Hall–Kier alpha value is -1.78. The minimum absolute atomic E-state index is 0.0322. The second-order valence-corrected chi connectivity index (χ2v) is 7.54. The van der Waals surface area contributed by atoms with Crippen molar-refractivity contribution in [2.45, 2.75) is 24.3 Å². The molecular formula is C14H20FN3O4S2. The number of sulfone groups is 1. The molecule has 0 saturated heterocycles. The van der Waals surface area contributed by atoms with Crippen molar-refractivity contribution >= 4 is 33.1 Å². The lowest BCUT2D eigenvalue weighted by atomic mass is 10.4. The van der Waals surface area contributed by atoms with Gasteiger partial charge >= 0.3 is 0 Å². The Morgan fingerprint density at radius 1 is 1.29 bits per heavy atom. The summed E-state index contributed by atoms with van der Waals surface area (Å²) in [5.41, 5.74) is 4.78. The minimum atomic E-state index is -3.66. The van der Waals surface area contributed by atoms with Crippen LogP contribution in [0.4, 0.5) is 4.39 Å². The molecule has 1 amide bonds. The molecule has 10 heteroatoms. The number of carbonyl (C=O) groups is 1. The van der Waals surface area contributed by atoms with E-state index < -0.39 is 27.3 Å². The maximum atomic E-state index is 12.8. The van der Waals surface area contributed by atoms with Crippen molar-refractivity contribution in [3.8, 4) is 0 Å². The Morgan fingerprint density at radius 2 is 1.92 bits per heavy atom. The van der Waals surface area contributed by atoms with Gasteiger partial charge in [-0.15, -0.1) is 0 Å². The predicted molar refractivity (Wildman–Crippen MR) is 91.4 cm³/mol. The SMILES string of the molecule is COC[C@H](C)NC(=S)NNC(=O)CCS(=O)(=O)c1ccc(F)cc1. The zero-order valence-corrected chi connectivity index (χ0v) is 15.0. The summed E-state index contributed by atoms with van der Waals surface area (Å²) >= 11 is 4.96. The molecule has 0 heterocycles. The summed E-state index contributed by atoms with van der Waals surface area (Å²) < 4.78 is 41.8. The molecule has 1 rings (SSSR count). The lowest BCUT2D eigenvalue weighted by Crippen LogP contribution is -2.50. The number of hydrazine groups is 1. The average Bonchev–Trinajstić information content (AvgIpc) is 2.51. The van der Waals surface area contributed by atoms with Gasteiger partial charge in [0.15, 0.2) is 14.9 Å². The van der Waals surface area contributed by atoms with Crippen molar-refractivity contribution < 1.29 is 22.3 Å². The summed E-state index contributed by atoms with van der Waals surface area (Å²) in [5.74, 6) is -1.46. The van der Waals surface area contributed by atoms with Crippen molar-refractivity contribution in [1.29, 1.82) is 0 Å². The van der Waals surface area contributed by atoms with E-state index in [-0.39, 0.29) is 22.5 Å². The molecule has 0 fully saturated rings. The number of carbonyl (C=O) groups excluding carboxylic acids is 1. The normalized spacial score (nSPS) is 12.3. The molecule has 0 unspecified atom stereocenters. The Bertz CT molecular complexity index is 665. The monoisotopic (exact) mass is 377 g/mol. The summed E-state index contributed by atoms with van der Waals surface area (Å²) in [4.78, 5) is 11.6. The van der Waals surface area contributed by atoms with Crippen LogP contribution in [0.2, 0.25) is 0 Å². The highest BCUT2D eigenvalue weighted by Crippen LogP contribution is 2.12. The lowest BCUT2D eigenvalue weighted by molar-refractivity contribution is -0.121. The summed E-state index contributed by atoms with van der Waals surface area (Å²) in [7, 11) is -2.10. The van der Waals surface area contributed by atoms with Gasteiger partial charge < -0.3 is 10.1 Å². The summed E-state index contributed by atoms with van der Waals surface area (Å²) in [5, 5.41) is 3.06. The van der Waals surface area contributed by atoms with Crippen LogP contribution in [0, 0.1) is 5.82 Å². The first kappa shape index (κ1) is 20.3. The van der Waals surface area contributed by atoms with Gasteiger partial charge in [0.2, 0.25) is 5.91 Å². The highest BCUT2D eigenvalue weighted by atomic mass is 32.2. The fourth-order valence-electron chi connectivity index (χ4n) is 1.73. The van der Waals surface area contributed by atoms with Gasteiger partial charge in [-0.3, -0.25) is 15.6 Å². The molecular weight excluding hydrogens is 357 g/mol. The fourth-order valence-corrected chi connectivity index (χ4v) is 3.22. The molecule has 0 bridgehead atoms. The van der Waals surface area contributed by atoms with Gasteiger partial charge in [-0.25, -0.2) is 12.8 Å². The van der Waals surface area contributed by atoms with Gasteiger partial charge in [0.25, 0.3) is 0 Å². The van der Waals surface area contributed by atoms with Crippen molar-refractivity contribution in [1.82, 2.24) is 16.2 Å². The number of rotatable bonds is 7. The molecule has 1 atom stereocenters. The van der Waals surface area contributed by atoms with E-state index in [1.165, 1.54) is 0 Å². The molecule has 7 nitrogen and oxygen atoms in total. The van der Waals surface area contributed by atoms with E-state index in [1.54, 1.807) is 7.11 Å². The third kappa shape index (κ3) is 7.20. The maximum absolute atomic E-state index is 12.8. The van der Waals surface area contributed by atoms with Crippen LogP contribution in [0.25, 0.3) is 0 Å². The largest absolute Gasteiger partial charge is 0.383 e. The molecule has 0 aliphatic heterocycles. The molecule has 3 N–H and O–H groups in total. The number of halogens is 1. The topological polar surface area (TPSA) is 96.5 Å². The molecule has 24 heavy (non-hydrogen) atoms. The Morgan fingerprint density at radius 3 is 2.50 bits per heavy atom. The van der Waals surface area contributed by atoms with Gasteiger partial charge in [0.1, 0.15) is 5.82 Å². The number of hydrogen-bond donors (Lipinski definition) is 3. The van der Waals surface area contributed by atoms with Crippen LogP contribution in [0.3, 0.4) is 0 Å². The van der Waals surface area contributed by atoms with Crippen LogP contribution in [-0.2, 0) is 19.4 Å². The summed E-state index contributed by atoms with van der Waals surface area (Å²) in [6, 6.07) is 4.39. The lowest BCUT2D eigenvalue weighted by Gasteiger charge is -2.16. The molecule has 0 aliphatic rings. The third-order valence-corrected chi connectivity index (χ3v) is 4.83. The van der Waals surface area contributed by atoms with Crippen molar-refractivity contribution in [3.63, 3.8) is 0 Å². The van der Waals surface area contributed by atoms with E-state index in [9.17, 15) is 17.6 Å².